The normalized spacial score (nSPS) is 10.3. The fourth-order valence-electron chi connectivity index (χ4n) is 2.46. The van der Waals surface area contributed by atoms with E-state index in [1.807, 2.05) is 38.1 Å². The molecule has 0 spiro atoms. The van der Waals surface area contributed by atoms with Gasteiger partial charge in [-0.25, -0.2) is 0 Å². The Morgan fingerprint density at radius 1 is 1.17 bits per heavy atom. The van der Waals surface area contributed by atoms with Gasteiger partial charge in [-0.1, -0.05) is 31.2 Å². The molecule has 0 aromatic heterocycles. The van der Waals surface area contributed by atoms with E-state index in [9.17, 15) is 14.7 Å². The van der Waals surface area contributed by atoms with Crippen molar-refractivity contribution < 1.29 is 14.7 Å². The first-order chi connectivity index (χ1) is 11.4. The van der Waals surface area contributed by atoms with Gasteiger partial charge in [0.25, 0.3) is 5.91 Å². The highest BCUT2D eigenvalue weighted by atomic mass is 16.3. The van der Waals surface area contributed by atoms with Gasteiger partial charge in [-0.05, 0) is 42.7 Å². The third-order valence-corrected chi connectivity index (χ3v) is 3.78. The topological polar surface area (TPSA) is 69.6 Å². The van der Waals surface area contributed by atoms with Crippen LogP contribution < -0.4 is 5.32 Å². The molecule has 0 aliphatic carbocycles. The van der Waals surface area contributed by atoms with Gasteiger partial charge in [-0.3, -0.25) is 9.59 Å². The molecule has 126 valence electrons. The highest BCUT2D eigenvalue weighted by molar-refractivity contribution is 6.00. The fourth-order valence-corrected chi connectivity index (χ4v) is 2.46. The first-order valence-corrected chi connectivity index (χ1v) is 7.85. The van der Waals surface area contributed by atoms with Crippen LogP contribution in [0.1, 0.15) is 28.4 Å². The summed E-state index contributed by atoms with van der Waals surface area (Å²) in [6, 6.07) is 12.4. The second kappa shape index (κ2) is 7.64. The largest absolute Gasteiger partial charge is 0.507 e. The van der Waals surface area contributed by atoms with Crippen LogP contribution in [0.2, 0.25) is 0 Å². The molecule has 0 heterocycles. The molecule has 24 heavy (non-hydrogen) atoms. The Morgan fingerprint density at radius 3 is 2.54 bits per heavy atom. The minimum Gasteiger partial charge on any atom is -0.507 e. The van der Waals surface area contributed by atoms with E-state index >= 15 is 0 Å². The molecule has 0 aliphatic heterocycles. The van der Waals surface area contributed by atoms with Gasteiger partial charge in [0.15, 0.2) is 0 Å². The number of nitrogens with one attached hydrogen (secondary N) is 1. The summed E-state index contributed by atoms with van der Waals surface area (Å²) in [6.07, 6.45) is 0.808. The Labute approximate surface area is 141 Å². The number of phenols is 1. The molecule has 2 N–H and O–H groups in total. The lowest BCUT2D eigenvalue weighted by molar-refractivity contribution is -0.116. The summed E-state index contributed by atoms with van der Waals surface area (Å²) in [7, 11) is 1.53. The Balaban J connectivity index is 2.04. The zero-order valence-corrected chi connectivity index (χ0v) is 14.2. The van der Waals surface area contributed by atoms with Crippen LogP contribution in [0.5, 0.6) is 5.75 Å². The molecule has 0 atom stereocenters. The van der Waals surface area contributed by atoms with Crippen LogP contribution in [0.25, 0.3) is 0 Å². The SMILES string of the molecule is CCc1ccccc1NC(=O)CN(C)C(=O)c1ccc(C)cc1O. The molecular formula is C19H22N2O3. The molecule has 2 aromatic carbocycles. The van der Waals surface area contributed by atoms with Gasteiger partial charge in [0.2, 0.25) is 5.91 Å². The number of aryl methyl sites for hydroxylation is 2. The minimum atomic E-state index is -0.397. The van der Waals surface area contributed by atoms with Crippen LogP contribution in [0, 0.1) is 6.92 Å². The quantitative estimate of drug-likeness (QED) is 0.887. The molecule has 0 saturated heterocycles. The van der Waals surface area contributed by atoms with Crippen LogP contribution in [0.3, 0.4) is 0 Å². The summed E-state index contributed by atoms with van der Waals surface area (Å²) >= 11 is 0. The highest BCUT2D eigenvalue weighted by Crippen LogP contribution is 2.20. The third-order valence-electron chi connectivity index (χ3n) is 3.78. The predicted molar refractivity (Wildman–Crippen MR) is 94.3 cm³/mol. The molecule has 2 aromatic rings. The zero-order chi connectivity index (χ0) is 17.7. The van der Waals surface area contributed by atoms with E-state index in [1.165, 1.54) is 18.0 Å². The number of carbonyl (C=O) groups excluding carboxylic acids is 2. The minimum absolute atomic E-state index is 0.0800. The molecule has 0 bridgehead atoms. The summed E-state index contributed by atoms with van der Waals surface area (Å²) in [5.41, 5.74) is 2.84. The van der Waals surface area contributed by atoms with Crippen LogP contribution in [-0.2, 0) is 11.2 Å². The highest BCUT2D eigenvalue weighted by Gasteiger charge is 2.18. The average Bonchev–Trinajstić information content (AvgIpc) is 2.54. The molecule has 2 amide bonds. The van der Waals surface area contributed by atoms with Gasteiger partial charge in [0.1, 0.15) is 5.75 Å². The maximum Gasteiger partial charge on any atom is 0.257 e. The zero-order valence-electron chi connectivity index (χ0n) is 14.2. The van der Waals surface area contributed by atoms with E-state index in [2.05, 4.69) is 5.32 Å². The number of hydrogen-bond donors (Lipinski definition) is 2. The van der Waals surface area contributed by atoms with E-state index < -0.39 is 5.91 Å². The van der Waals surface area contributed by atoms with Crippen molar-refractivity contribution >= 4 is 17.5 Å². The van der Waals surface area contributed by atoms with Gasteiger partial charge < -0.3 is 15.3 Å². The van der Waals surface area contributed by atoms with E-state index in [4.69, 9.17) is 0 Å². The number of rotatable bonds is 5. The first-order valence-electron chi connectivity index (χ1n) is 7.85. The van der Waals surface area contributed by atoms with Crippen LogP contribution >= 0.6 is 0 Å². The van der Waals surface area contributed by atoms with Crippen LogP contribution in [-0.4, -0.2) is 35.4 Å². The number of likely N-dealkylation sites (N-methyl/N-ethyl adjacent to an activating group) is 1. The van der Waals surface area contributed by atoms with Crippen molar-refractivity contribution in [2.75, 3.05) is 18.9 Å². The molecule has 0 radical (unpaired) electrons. The Morgan fingerprint density at radius 2 is 1.88 bits per heavy atom. The smallest absolute Gasteiger partial charge is 0.257 e. The van der Waals surface area contributed by atoms with Gasteiger partial charge in [-0.15, -0.1) is 0 Å². The van der Waals surface area contributed by atoms with Crippen molar-refractivity contribution in [1.82, 2.24) is 4.90 Å². The summed E-state index contributed by atoms with van der Waals surface area (Å²) in [5, 5.41) is 12.7. The summed E-state index contributed by atoms with van der Waals surface area (Å²) in [6.45, 7) is 3.75. The number of carbonyl (C=O) groups is 2. The van der Waals surface area contributed by atoms with Crippen LogP contribution in [0.15, 0.2) is 42.5 Å². The van der Waals surface area contributed by atoms with Crippen molar-refractivity contribution in [2.24, 2.45) is 0 Å². The predicted octanol–water partition coefficient (Wildman–Crippen LogP) is 2.97. The van der Waals surface area contributed by atoms with Crippen molar-refractivity contribution in [3.8, 4) is 5.75 Å². The fraction of sp³-hybridized carbons (Fsp3) is 0.263. The number of anilines is 1. The van der Waals surface area contributed by atoms with Gasteiger partial charge >= 0.3 is 0 Å². The molecule has 0 saturated carbocycles. The molecular weight excluding hydrogens is 304 g/mol. The molecule has 0 aliphatic rings. The lowest BCUT2D eigenvalue weighted by Gasteiger charge is -2.18. The molecule has 5 heteroatoms. The van der Waals surface area contributed by atoms with Gasteiger partial charge in [0, 0.05) is 12.7 Å². The Kier molecular flexibility index (Phi) is 5.58. The molecule has 2 rings (SSSR count). The van der Waals surface area contributed by atoms with Gasteiger partial charge in [-0.2, -0.15) is 0 Å². The lowest BCUT2D eigenvalue weighted by Crippen LogP contribution is -2.35. The second-order valence-corrected chi connectivity index (χ2v) is 5.74. The van der Waals surface area contributed by atoms with Crippen LogP contribution in [0.4, 0.5) is 5.69 Å². The second-order valence-electron chi connectivity index (χ2n) is 5.74. The van der Waals surface area contributed by atoms with Gasteiger partial charge in [0.05, 0.1) is 12.1 Å². The van der Waals surface area contributed by atoms with E-state index in [0.717, 1.165) is 23.2 Å². The number of nitrogens with zero attached hydrogens (tertiary/aromatic N) is 1. The summed E-state index contributed by atoms with van der Waals surface area (Å²) in [4.78, 5) is 25.9. The number of amides is 2. The Bertz CT molecular complexity index is 756. The van der Waals surface area contributed by atoms with E-state index in [-0.39, 0.29) is 23.8 Å². The average molecular weight is 326 g/mol. The van der Waals surface area contributed by atoms with E-state index in [0.29, 0.717) is 0 Å². The number of para-hydroxylation sites is 1. The Hall–Kier alpha value is -2.82. The lowest BCUT2D eigenvalue weighted by atomic mass is 10.1. The standard InChI is InChI=1S/C19H22N2O3/c1-4-14-7-5-6-8-16(14)20-18(23)12-21(3)19(24)15-10-9-13(2)11-17(15)22/h5-11,22H,4,12H2,1-3H3,(H,20,23). The number of hydrogen-bond acceptors (Lipinski definition) is 3. The number of aromatic hydroxyl groups is 1. The van der Waals surface area contributed by atoms with Crippen molar-refractivity contribution in [2.45, 2.75) is 20.3 Å². The summed E-state index contributed by atoms with van der Waals surface area (Å²) in [5.74, 6) is -0.756. The molecule has 5 nitrogen and oxygen atoms in total. The third kappa shape index (κ3) is 4.13. The monoisotopic (exact) mass is 326 g/mol. The number of benzene rings is 2. The molecule has 0 fully saturated rings. The summed E-state index contributed by atoms with van der Waals surface area (Å²) < 4.78 is 0. The maximum atomic E-state index is 12.4. The maximum absolute atomic E-state index is 12.4. The molecule has 0 unspecified atom stereocenters. The van der Waals surface area contributed by atoms with Crippen molar-refractivity contribution in [1.29, 1.82) is 0 Å². The number of phenolic OH excluding ortho intramolecular Hbond substituents is 1. The van der Waals surface area contributed by atoms with E-state index in [1.54, 1.807) is 12.1 Å². The first kappa shape index (κ1) is 17.5. The van der Waals surface area contributed by atoms with Crippen molar-refractivity contribution in [3.63, 3.8) is 0 Å². The van der Waals surface area contributed by atoms with Crippen molar-refractivity contribution in [3.05, 3.63) is 59.2 Å².